The van der Waals surface area contributed by atoms with E-state index in [0.29, 0.717) is 0 Å². The van der Waals surface area contributed by atoms with E-state index >= 15 is 0 Å². The van der Waals surface area contributed by atoms with Crippen LogP contribution in [0.2, 0.25) is 0 Å². The van der Waals surface area contributed by atoms with Gasteiger partial charge in [0.1, 0.15) is 17.6 Å². The van der Waals surface area contributed by atoms with E-state index in [2.05, 4.69) is 4.98 Å². The Kier molecular flexibility index (Phi) is 3.14. The second-order valence-corrected chi connectivity index (χ2v) is 2.71. The molecule has 0 aliphatic heterocycles. The molecule has 0 saturated heterocycles. The summed E-state index contributed by atoms with van der Waals surface area (Å²) in [6, 6.07) is 4.64. The lowest BCUT2D eigenvalue weighted by Crippen LogP contribution is -2.04. The van der Waals surface area contributed by atoms with E-state index in [1.807, 2.05) is 0 Å². The molecular weight excluding hydrogens is 202 g/mol. The molecule has 0 unspecified atom stereocenters. The fraction of sp³-hybridized carbons (Fsp3) is 0.222. The van der Waals surface area contributed by atoms with E-state index in [-0.39, 0.29) is 23.4 Å². The molecule has 2 N–H and O–H groups in total. The molecule has 0 amide bonds. The van der Waals surface area contributed by atoms with Crippen molar-refractivity contribution in [2.24, 2.45) is 0 Å². The van der Waals surface area contributed by atoms with Crippen LogP contribution in [0.15, 0.2) is 6.07 Å². The first-order valence-electron chi connectivity index (χ1n) is 3.94. The smallest absolute Gasteiger partial charge is 0.281 e. The molecule has 0 aliphatic rings. The van der Waals surface area contributed by atoms with Gasteiger partial charge in [0.05, 0.1) is 18.1 Å². The zero-order chi connectivity index (χ0) is 11.4. The number of alkyl halides is 2. The van der Waals surface area contributed by atoms with Gasteiger partial charge in [-0.05, 0) is 11.6 Å². The number of nitrogens with two attached hydrogens (primary N) is 1. The number of hydrogen-bond donors (Lipinski definition) is 1. The number of anilines is 1. The third-order valence-corrected chi connectivity index (χ3v) is 1.74. The van der Waals surface area contributed by atoms with Gasteiger partial charge in [-0.15, -0.1) is 0 Å². The average molecular weight is 208 g/mol. The van der Waals surface area contributed by atoms with Crippen LogP contribution in [-0.4, -0.2) is 4.98 Å². The lowest BCUT2D eigenvalue weighted by Gasteiger charge is -2.06. The molecule has 0 aromatic carbocycles. The minimum atomic E-state index is -2.87. The highest BCUT2D eigenvalue weighted by Crippen LogP contribution is 2.24. The Bertz CT molecular complexity index is 456. The number of aromatic nitrogens is 1. The first-order valence-corrected chi connectivity index (χ1v) is 3.94. The lowest BCUT2D eigenvalue weighted by molar-refractivity contribution is 0.146. The summed E-state index contributed by atoms with van der Waals surface area (Å²) in [5.41, 5.74) is 4.54. The van der Waals surface area contributed by atoms with Crippen molar-refractivity contribution in [3.8, 4) is 12.1 Å². The normalized spacial score (nSPS) is 9.67. The van der Waals surface area contributed by atoms with Gasteiger partial charge in [-0.1, -0.05) is 0 Å². The standard InChI is InChI=1S/C9H6F2N4/c10-9(11)8-6(4-13)5(1-2-12)3-7(14)15-8/h3,9H,1H2,(H2,14,15). The molecule has 76 valence electrons. The second kappa shape index (κ2) is 4.34. The fourth-order valence-corrected chi connectivity index (χ4v) is 1.15. The molecule has 0 saturated carbocycles. The Labute approximate surface area is 84.6 Å². The van der Waals surface area contributed by atoms with E-state index in [1.165, 1.54) is 6.07 Å². The topological polar surface area (TPSA) is 86.5 Å². The number of nitrogens with zero attached hydrogens (tertiary/aromatic N) is 3. The minimum absolute atomic E-state index is 0.116. The van der Waals surface area contributed by atoms with E-state index in [1.54, 1.807) is 12.1 Å². The Morgan fingerprint density at radius 3 is 2.60 bits per heavy atom. The van der Waals surface area contributed by atoms with Crippen LogP contribution in [0.5, 0.6) is 0 Å². The molecule has 1 heterocycles. The summed E-state index contributed by atoms with van der Waals surface area (Å²) >= 11 is 0. The number of rotatable bonds is 2. The SMILES string of the molecule is N#CCc1cc(N)nc(C(F)F)c1C#N. The zero-order valence-electron chi connectivity index (χ0n) is 7.54. The third-order valence-electron chi connectivity index (χ3n) is 1.74. The maximum atomic E-state index is 12.5. The number of pyridine rings is 1. The maximum absolute atomic E-state index is 12.5. The maximum Gasteiger partial charge on any atom is 0.281 e. The van der Waals surface area contributed by atoms with E-state index in [9.17, 15) is 8.78 Å². The van der Waals surface area contributed by atoms with Gasteiger partial charge >= 0.3 is 0 Å². The van der Waals surface area contributed by atoms with Gasteiger partial charge in [0.15, 0.2) is 0 Å². The molecule has 0 radical (unpaired) electrons. The monoisotopic (exact) mass is 208 g/mol. The molecule has 0 spiro atoms. The summed E-state index contributed by atoms with van der Waals surface area (Å²) in [5, 5.41) is 17.1. The van der Waals surface area contributed by atoms with Crippen LogP contribution in [0.1, 0.15) is 23.2 Å². The van der Waals surface area contributed by atoms with E-state index in [0.717, 1.165) is 0 Å². The molecular formula is C9H6F2N4. The Hall–Kier alpha value is -2.21. The van der Waals surface area contributed by atoms with Crippen molar-refractivity contribution in [2.45, 2.75) is 12.8 Å². The van der Waals surface area contributed by atoms with Crippen molar-refractivity contribution < 1.29 is 8.78 Å². The summed E-state index contributed by atoms with van der Waals surface area (Å²) in [5.74, 6) is -0.116. The van der Waals surface area contributed by atoms with Crippen molar-refractivity contribution in [1.82, 2.24) is 4.98 Å². The Morgan fingerprint density at radius 1 is 1.47 bits per heavy atom. The minimum Gasteiger partial charge on any atom is -0.384 e. The van der Waals surface area contributed by atoms with Gasteiger partial charge in [-0.2, -0.15) is 10.5 Å². The highest BCUT2D eigenvalue weighted by Gasteiger charge is 2.19. The van der Waals surface area contributed by atoms with Crippen molar-refractivity contribution in [3.63, 3.8) is 0 Å². The third kappa shape index (κ3) is 2.18. The zero-order valence-corrected chi connectivity index (χ0v) is 7.54. The largest absolute Gasteiger partial charge is 0.384 e. The van der Waals surface area contributed by atoms with Gasteiger partial charge in [-0.25, -0.2) is 13.8 Å². The first-order chi connectivity index (χ1) is 7.10. The summed E-state index contributed by atoms with van der Waals surface area (Å²) in [4.78, 5) is 3.38. The van der Waals surface area contributed by atoms with Gasteiger partial charge in [0, 0.05) is 0 Å². The summed E-state index contributed by atoms with van der Waals surface area (Å²) in [6.07, 6.45) is -3.02. The first kappa shape index (κ1) is 10.9. The lowest BCUT2D eigenvalue weighted by atomic mass is 10.0. The number of nitrogen functional groups attached to an aromatic ring is 1. The Balaban J connectivity index is 3.41. The predicted molar refractivity (Wildman–Crippen MR) is 47.6 cm³/mol. The molecule has 0 aliphatic carbocycles. The van der Waals surface area contributed by atoms with Crippen LogP contribution in [0, 0.1) is 22.7 Å². The van der Waals surface area contributed by atoms with Crippen molar-refractivity contribution in [1.29, 1.82) is 10.5 Å². The van der Waals surface area contributed by atoms with Crippen LogP contribution >= 0.6 is 0 Å². The van der Waals surface area contributed by atoms with Gasteiger partial charge in [0.2, 0.25) is 0 Å². The van der Waals surface area contributed by atoms with Crippen molar-refractivity contribution in [2.75, 3.05) is 5.73 Å². The molecule has 1 aromatic rings. The quantitative estimate of drug-likeness (QED) is 0.798. The van der Waals surface area contributed by atoms with Crippen LogP contribution < -0.4 is 5.73 Å². The molecule has 0 bridgehead atoms. The highest BCUT2D eigenvalue weighted by atomic mass is 19.3. The molecule has 15 heavy (non-hydrogen) atoms. The van der Waals surface area contributed by atoms with Crippen LogP contribution in [0.4, 0.5) is 14.6 Å². The molecule has 0 atom stereocenters. The highest BCUT2D eigenvalue weighted by molar-refractivity contribution is 5.49. The van der Waals surface area contributed by atoms with Crippen molar-refractivity contribution >= 4 is 5.82 Å². The molecule has 6 heteroatoms. The van der Waals surface area contributed by atoms with Crippen LogP contribution in [0.25, 0.3) is 0 Å². The number of nitriles is 2. The van der Waals surface area contributed by atoms with E-state index in [4.69, 9.17) is 16.3 Å². The van der Waals surface area contributed by atoms with E-state index < -0.39 is 12.1 Å². The predicted octanol–water partition coefficient (Wildman–Crippen LogP) is 1.54. The van der Waals surface area contributed by atoms with Crippen LogP contribution in [-0.2, 0) is 6.42 Å². The summed E-state index contributed by atoms with van der Waals surface area (Å²) < 4.78 is 24.9. The molecule has 0 fully saturated rings. The molecule has 1 rings (SSSR count). The summed E-state index contributed by atoms with van der Waals surface area (Å²) in [6.45, 7) is 0. The summed E-state index contributed by atoms with van der Waals surface area (Å²) in [7, 11) is 0. The number of hydrogen-bond acceptors (Lipinski definition) is 4. The van der Waals surface area contributed by atoms with Gasteiger partial charge in [-0.3, -0.25) is 0 Å². The molecule has 1 aromatic heterocycles. The van der Waals surface area contributed by atoms with Gasteiger partial charge in [0.25, 0.3) is 6.43 Å². The van der Waals surface area contributed by atoms with Gasteiger partial charge < -0.3 is 5.73 Å². The molecule has 4 nitrogen and oxygen atoms in total. The fourth-order valence-electron chi connectivity index (χ4n) is 1.15. The number of halogens is 2. The second-order valence-electron chi connectivity index (χ2n) is 2.71. The van der Waals surface area contributed by atoms with Crippen molar-refractivity contribution in [3.05, 3.63) is 22.9 Å². The average Bonchev–Trinajstić information content (AvgIpc) is 2.17. The Morgan fingerprint density at radius 2 is 2.13 bits per heavy atom. The van der Waals surface area contributed by atoms with Crippen LogP contribution in [0.3, 0.4) is 0 Å².